The Morgan fingerprint density at radius 1 is 1.04 bits per heavy atom. The van der Waals surface area contributed by atoms with E-state index in [1.807, 2.05) is 36.4 Å². The van der Waals surface area contributed by atoms with Crippen LogP contribution in [0.25, 0.3) is 0 Å². The summed E-state index contributed by atoms with van der Waals surface area (Å²) in [6.07, 6.45) is 2.97. The molecule has 6 heteroatoms. The summed E-state index contributed by atoms with van der Waals surface area (Å²) in [4.78, 5) is 2.12. The van der Waals surface area contributed by atoms with E-state index in [1.165, 1.54) is 5.56 Å². The lowest BCUT2D eigenvalue weighted by Crippen LogP contribution is -2.46. The number of piperidine rings is 1. The number of ether oxygens (including phenoxy) is 1. The quantitative estimate of drug-likeness (QED) is 0.800. The highest BCUT2D eigenvalue weighted by Gasteiger charge is 2.33. The summed E-state index contributed by atoms with van der Waals surface area (Å²) in [6.45, 7) is 3.56. The molecule has 0 aromatic heterocycles. The highest BCUT2D eigenvalue weighted by molar-refractivity contribution is 7.90. The van der Waals surface area contributed by atoms with Crippen LogP contribution >= 0.6 is 0 Å². The lowest BCUT2D eigenvalue weighted by molar-refractivity contribution is 0.366. The molecule has 0 bridgehead atoms. The first-order chi connectivity index (χ1) is 13.0. The second-order valence-electron chi connectivity index (χ2n) is 7.09. The van der Waals surface area contributed by atoms with Gasteiger partial charge < -0.3 is 9.64 Å². The first kappa shape index (κ1) is 18.0. The van der Waals surface area contributed by atoms with Crippen molar-refractivity contribution < 1.29 is 13.2 Å². The second-order valence-corrected chi connectivity index (χ2v) is 8.84. The fraction of sp³-hybridized carbons (Fsp3) is 0.381. The summed E-state index contributed by atoms with van der Waals surface area (Å²) in [7, 11) is -3.33. The Morgan fingerprint density at radius 2 is 1.70 bits per heavy atom. The molecule has 0 N–H and O–H groups in total. The molecule has 4 rings (SSSR count). The van der Waals surface area contributed by atoms with Crippen LogP contribution in [0.5, 0.6) is 11.5 Å². The zero-order valence-electron chi connectivity index (χ0n) is 15.5. The standard InChI is InChI=1S/C21H24N2O3S/c1-2-16-5-9-18(10-6-16)26-19-11-7-17(8-12-19)20-4-3-13-23-14-15-27(24,25)22-21(20)23/h5-12,20H,2-4,13-15H2,1H3/t20-/m1/s1. The first-order valence-electron chi connectivity index (χ1n) is 9.48. The van der Waals surface area contributed by atoms with Gasteiger partial charge in [-0.1, -0.05) is 31.2 Å². The molecular formula is C21H24N2O3S. The van der Waals surface area contributed by atoms with E-state index in [4.69, 9.17) is 4.74 Å². The maximum atomic E-state index is 12.0. The van der Waals surface area contributed by atoms with Gasteiger partial charge in [0.15, 0.2) is 0 Å². The fourth-order valence-corrected chi connectivity index (χ4v) is 4.80. The van der Waals surface area contributed by atoms with Gasteiger partial charge in [0, 0.05) is 19.0 Å². The number of hydrogen-bond acceptors (Lipinski definition) is 4. The molecule has 0 saturated carbocycles. The summed E-state index contributed by atoms with van der Waals surface area (Å²) in [5.41, 5.74) is 2.37. The number of amidine groups is 1. The minimum atomic E-state index is -3.33. The highest BCUT2D eigenvalue weighted by Crippen LogP contribution is 2.33. The minimum absolute atomic E-state index is 0.0340. The molecule has 1 atom stereocenters. The van der Waals surface area contributed by atoms with E-state index in [2.05, 4.69) is 28.4 Å². The summed E-state index contributed by atoms with van der Waals surface area (Å²) in [6, 6.07) is 16.0. The molecule has 0 spiro atoms. The van der Waals surface area contributed by atoms with Gasteiger partial charge in [-0.05, 0) is 54.7 Å². The van der Waals surface area contributed by atoms with E-state index in [-0.39, 0.29) is 11.7 Å². The van der Waals surface area contributed by atoms with Crippen LogP contribution in [0.3, 0.4) is 0 Å². The van der Waals surface area contributed by atoms with Gasteiger partial charge in [-0.2, -0.15) is 0 Å². The highest BCUT2D eigenvalue weighted by atomic mass is 32.2. The van der Waals surface area contributed by atoms with Gasteiger partial charge in [-0.25, -0.2) is 8.42 Å². The Morgan fingerprint density at radius 3 is 2.37 bits per heavy atom. The maximum absolute atomic E-state index is 12.0. The van der Waals surface area contributed by atoms with Gasteiger partial charge in [-0.15, -0.1) is 4.40 Å². The number of fused-ring (bicyclic) bond motifs is 1. The number of aryl methyl sites for hydroxylation is 1. The van der Waals surface area contributed by atoms with Crippen molar-refractivity contribution in [1.29, 1.82) is 0 Å². The Bertz CT molecular complexity index is 934. The summed E-state index contributed by atoms with van der Waals surface area (Å²) in [5.74, 6) is 2.44. The largest absolute Gasteiger partial charge is 0.457 e. The maximum Gasteiger partial charge on any atom is 0.256 e. The van der Waals surface area contributed by atoms with Crippen LogP contribution in [0.15, 0.2) is 52.9 Å². The molecular weight excluding hydrogens is 360 g/mol. The van der Waals surface area contributed by atoms with Crippen molar-refractivity contribution in [1.82, 2.24) is 4.90 Å². The van der Waals surface area contributed by atoms with Crippen LogP contribution in [-0.4, -0.2) is 38.0 Å². The normalized spacial score (nSPS) is 21.3. The lowest BCUT2D eigenvalue weighted by atomic mass is 9.89. The van der Waals surface area contributed by atoms with Crippen LogP contribution in [-0.2, 0) is 16.4 Å². The molecule has 2 aliphatic heterocycles. The van der Waals surface area contributed by atoms with Crippen LogP contribution in [0.4, 0.5) is 0 Å². The summed E-state index contributed by atoms with van der Waals surface area (Å²) in [5, 5.41) is 0. The smallest absolute Gasteiger partial charge is 0.256 e. The molecule has 2 aliphatic rings. The third kappa shape index (κ3) is 4.00. The molecule has 1 saturated heterocycles. The molecule has 0 aliphatic carbocycles. The van der Waals surface area contributed by atoms with E-state index in [0.717, 1.165) is 42.9 Å². The van der Waals surface area contributed by atoms with Crippen LogP contribution < -0.4 is 4.74 Å². The zero-order chi connectivity index (χ0) is 18.9. The second kappa shape index (κ2) is 7.35. The summed E-state index contributed by atoms with van der Waals surface area (Å²) < 4.78 is 33.9. The number of nitrogens with zero attached hydrogens (tertiary/aromatic N) is 2. The van der Waals surface area contributed by atoms with Crippen molar-refractivity contribution in [3.05, 3.63) is 59.7 Å². The average molecular weight is 385 g/mol. The molecule has 142 valence electrons. The van der Waals surface area contributed by atoms with Crippen LogP contribution in [0, 0.1) is 0 Å². The van der Waals surface area contributed by atoms with E-state index in [0.29, 0.717) is 12.4 Å². The van der Waals surface area contributed by atoms with E-state index >= 15 is 0 Å². The van der Waals surface area contributed by atoms with Gasteiger partial charge in [-0.3, -0.25) is 0 Å². The Kier molecular flexibility index (Phi) is 4.91. The zero-order valence-corrected chi connectivity index (χ0v) is 16.3. The Balaban J connectivity index is 1.53. The van der Waals surface area contributed by atoms with E-state index in [1.54, 1.807) is 0 Å². The van der Waals surface area contributed by atoms with Gasteiger partial charge in [0.1, 0.15) is 17.3 Å². The molecule has 0 radical (unpaired) electrons. The van der Waals surface area contributed by atoms with Gasteiger partial charge in [0.25, 0.3) is 10.0 Å². The summed E-state index contributed by atoms with van der Waals surface area (Å²) >= 11 is 0. The van der Waals surface area contributed by atoms with Crippen molar-refractivity contribution in [2.75, 3.05) is 18.8 Å². The topological polar surface area (TPSA) is 59.0 Å². The lowest BCUT2D eigenvalue weighted by Gasteiger charge is -2.37. The number of sulfonamides is 1. The third-order valence-corrected chi connectivity index (χ3v) is 6.42. The first-order valence-corrected chi connectivity index (χ1v) is 11.1. The Labute approximate surface area is 160 Å². The van der Waals surface area contributed by atoms with Crippen LogP contribution in [0.1, 0.15) is 36.8 Å². The molecule has 27 heavy (non-hydrogen) atoms. The monoisotopic (exact) mass is 384 g/mol. The van der Waals surface area contributed by atoms with Crippen molar-refractivity contribution in [2.45, 2.75) is 32.1 Å². The predicted octanol–water partition coefficient (Wildman–Crippen LogP) is 3.96. The number of benzene rings is 2. The van der Waals surface area contributed by atoms with Crippen molar-refractivity contribution in [3.63, 3.8) is 0 Å². The SMILES string of the molecule is CCc1ccc(Oc2ccc([C@H]3CCCN4CCS(=O)(=O)N=C34)cc2)cc1. The number of rotatable bonds is 4. The van der Waals surface area contributed by atoms with Gasteiger partial charge in [0.05, 0.1) is 5.75 Å². The number of hydrogen-bond donors (Lipinski definition) is 0. The minimum Gasteiger partial charge on any atom is -0.457 e. The Hall–Kier alpha value is -2.34. The molecule has 5 nitrogen and oxygen atoms in total. The molecule has 0 unspecified atom stereocenters. The van der Waals surface area contributed by atoms with E-state index < -0.39 is 10.0 Å². The predicted molar refractivity (Wildman–Crippen MR) is 107 cm³/mol. The van der Waals surface area contributed by atoms with Gasteiger partial charge >= 0.3 is 0 Å². The van der Waals surface area contributed by atoms with Crippen LogP contribution in [0.2, 0.25) is 0 Å². The van der Waals surface area contributed by atoms with Crippen molar-refractivity contribution in [3.8, 4) is 11.5 Å². The van der Waals surface area contributed by atoms with E-state index in [9.17, 15) is 8.42 Å². The molecule has 0 amide bonds. The fourth-order valence-electron chi connectivity index (χ4n) is 3.72. The van der Waals surface area contributed by atoms with Gasteiger partial charge in [0.2, 0.25) is 0 Å². The third-order valence-electron chi connectivity index (χ3n) is 5.26. The molecule has 2 aromatic carbocycles. The molecule has 1 fully saturated rings. The average Bonchev–Trinajstić information content (AvgIpc) is 2.68. The molecule has 2 aromatic rings. The molecule has 2 heterocycles. The van der Waals surface area contributed by atoms with Crippen molar-refractivity contribution in [2.24, 2.45) is 4.40 Å². The van der Waals surface area contributed by atoms with Crippen molar-refractivity contribution >= 4 is 15.9 Å².